The van der Waals surface area contributed by atoms with Gasteiger partial charge in [0.05, 0.1) is 24.5 Å². The van der Waals surface area contributed by atoms with Gasteiger partial charge in [-0.05, 0) is 20.1 Å². The average molecular weight is 304 g/mol. The van der Waals surface area contributed by atoms with Gasteiger partial charge in [-0.1, -0.05) is 11.8 Å². The normalized spacial score (nSPS) is 10.4. The predicted octanol–water partition coefficient (Wildman–Crippen LogP) is 2.78. The fourth-order valence-electron chi connectivity index (χ4n) is 1.55. The second-order valence-corrected chi connectivity index (χ2v) is 4.45. The van der Waals surface area contributed by atoms with Crippen LogP contribution in [-0.4, -0.2) is 24.6 Å². The van der Waals surface area contributed by atoms with Crippen LogP contribution in [0.25, 0.3) is 0 Å². The van der Waals surface area contributed by atoms with Gasteiger partial charge in [0.15, 0.2) is 22.9 Å². The van der Waals surface area contributed by atoms with Gasteiger partial charge in [0.2, 0.25) is 0 Å². The van der Waals surface area contributed by atoms with Gasteiger partial charge >= 0.3 is 0 Å². The zero-order valence-corrected chi connectivity index (χ0v) is 13.0. The maximum atomic E-state index is 9.24. The number of nitrogens with zero attached hydrogens (tertiary/aromatic N) is 3. The number of amidine groups is 1. The molecule has 0 aliphatic carbocycles. The second-order valence-electron chi connectivity index (χ2n) is 3.65. The number of benzene rings is 1. The zero-order valence-electron chi connectivity index (χ0n) is 12.1. The van der Waals surface area contributed by atoms with Gasteiger partial charge in [-0.25, -0.2) is 4.99 Å². The van der Waals surface area contributed by atoms with Gasteiger partial charge in [0.1, 0.15) is 6.07 Å². The molecule has 110 valence electrons. The Labute approximate surface area is 128 Å². The first-order valence-corrected chi connectivity index (χ1v) is 7.54. The topological polar surface area (TPSA) is 90.4 Å². The van der Waals surface area contributed by atoms with Crippen molar-refractivity contribution in [1.82, 2.24) is 5.32 Å². The molecule has 0 saturated heterocycles. The summed E-state index contributed by atoms with van der Waals surface area (Å²) in [5.74, 6) is 1.03. The molecule has 1 aromatic carbocycles. The van der Waals surface area contributed by atoms with Crippen LogP contribution in [0.15, 0.2) is 17.1 Å². The summed E-state index contributed by atoms with van der Waals surface area (Å²) in [4.78, 5) is 4.27. The Morgan fingerprint density at radius 3 is 2.33 bits per heavy atom. The molecule has 0 spiro atoms. The quantitative estimate of drug-likeness (QED) is 0.389. The van der Waals surface area contributed by atoms with E-state index in [2.05, 4.69) is 16.4 Å². The molecule has 0 saturated carbocycles. The highest BCUT2D eigenvalue weighted by Crippen LogP contribution is 2.35. The van der Waals surface area contributed by atoms with Gasteiger partial charge in [-0.2, -0.15) is 10.5 Å². The van der Waals surface area contributed by atoms with E-state index in [-0.39, 0.29) is 0 Å². The highest BCUT2D eigenvalue weighted by atomic mass is 32.2. The van der Waals surface area contributed by atoms with Crippen molar-refractivity contribution in [2.24, 2.45) is 4.99 Å². The summed E-state index contributed by atoms with van der Waals surface area (Å²) in [6.45, 7) is 4.67. The third-order valence-corrected chi connectivity index (χ3v) is 2.94. The first-order chi connectivity index (χ1) is 10.2. The van der Waals surface area contributed by atoms with Crippen molar-refractivity contribution in [2.75, 3.05) is 19.5 Å². The van der Waals surface area contributed by atoms with Gasteiger partial charge in [0, 0.05) is 12.1 Å². The Morgan fingerprint density at radius 2 is 1.86 bits per heavy atom. The van der Waals surface area contributed by atoms with E-state index < -0.39 is 0 Å². The van der Waals surface area contributed by atoms with Crippen molar-refractivity contribution < 1.29 is 9.47 Å². The van der Waals surface area contributed by atoms with E-state index in [4.69, 9.17) is 14.7 Å². The molecular formula is C14H16N4O2S. The van der Waals surface area contributed by atoms with Crippen LogP contribution in [0.5, 0.6) is 11.5 Å². The zero-order chi connectivity index (χ0) is 15.7. The molecule has 0 atom stereocenters. The summed E-state index contributed by atoms with van der Waals surface area (Å²) in [7, 11) is 0. The molecule has 0 aliphatic heterocycles. The third-order valence-electron chi connectivity index (χ3n) is 2.36. The van der Waals surface area contributed by atoms with Crippen LogP contribution in [0, 0.1) is 22.8 Å². The SMILES string of the molecule is CCOc1cc(C#N)c(N=C(NC#N)SC)cc1OCC. The van der Waals surface area contributed by atoms with Crippen LogP contribution in [0.4, 0.5) is 5.69 Å². The monoisotopic (exact) mass is 304 g/mol. The largest absolute Gasteiger partial charge is 0.490 e. The summed E-state index contributed by atoms with van der Waals surface area (Å²) in [5, 5.41) is 20.8. The summed E-state index contributed by atoms with van der Waals surface area (Å²) >= 11 is 1.28. The molecule has 7 heteroatoms. The molecule has 1 aromatic rings. The van der Waals surface area contributed by atoms with Crippen LogP contribution in [0.3, 0.4) is 0 Å². The Bertz CT molecular complexity index is 602. The fraction of sp³-hybridized carbons (Fsp3) is 0.357. The summed E-state index contributed by atoms with van der Waals surface area (Å²) < 4.78 is 11.0. The summed E-state index contributed by atoms with van der Waals surface area (Å²) in [5.41, 5.74) is 0.782. The lowest BCUT2D eigenvalue weighted by Crippen LogP contribution is -2.12. The lowest BCUT2D eigenvalue weighted by molar-refractivity contribution is 0.288. The Balaban J connectivity index is 3.34. The Morgan fingerprint density at radius 1 is 1.24 bits per heavy atom. The minimum atomic E-state index is 0.355. The van der Waals surface area contributed by atoms with E-state index in [0.29, 0.717) is 41.1 Å². The van der Waals surface area contributed by atoms with E-state index >= 15 is 0 Å². The molecule has 0 amide bonds. The van der Waals surface area contributed by atoms with E-state index in [1.54, 1.807) is 18.4 Å². The number of hydrogen-bond donors (Lipinski definition) is 1. The van der Waals surface area contributed by atoms with Crippen LogP contribution in [-0.2, 0) is 0 Å². The molecule has 0 fully saturated rings. The van der Waals surface area contributed by atoms with Crippen LogP contribution >= 0.6 is 11.8 Å². The number of thioether (sulfide) groups is 1. The molecule has 6 nitrogen and oxygen atoms in total. The van der Waals surface area contributed by atoms with Crippen LogP contribution in [0.2, 0.25) is 0 Å². The number of ether oxygens (including phenoxy) is 2. The number of nitriles is 2. The van der Waals surface area contributed by atoms with Gasteiger partial charge in [0.25, 0.3) is 0 Å². The minimum absolute atomic E-state index is 0.355. The van der Waals surface area contributed by atoms with Crippen molar-refractivity contribution >= 4 is 22.6 Å². The van der Waals surface area contributed by atoms with E-state index in [1.807, 2.05) is 20.0 Å². The molecule has 0 heterocycles. The van der Waals surface area contributed by atoms with Crippen molar-refractivity contribution in [3.8, 4) is 23.8 Å². The van der Waals surface area contributed by atoms with Gasteiger partial charge in [-0.3, -0.25) is 5.32 Å². The first-order valence-electron chi connectivity index (χ1n) is 6.31. The van der Waals surface area contributed by atoms with Crippen molar-refractivity contribution in [3.05, 3.63) is 17.7 Å². The van der Waals surface area contributed by atoms with E-state index in [0.717, 1.165) is 0 Å². The molecule has 0 aromatic heterocycles. The standard InChI is InChI=1S/C14H16N4O2S/c1-4-19-12-6-10(8-15)11(7-13(12)20-5-2)18-14(21-3)17-9-16/h6-7H,4-5H2,1-3H3,(H,17,18). The Hall–Kier alpha value is -2.38. The first kappa shape index (κ1) is 16.7. The second kappa shape index (κ2) is 8.72. The number of nitrogens with one attached hydrogen (secondary N) is 1. The predicted molar refractivity (Wildman–Crippen MR) is 82.9 cm³/mol. The lowest BCUT2D eigenvalue weighted by atomic mass is 10.1. The molecule has 1 rings (SSSR count). The fourth-order valence-corrected chi connectivity index (χ4v) is 1.89. The van der Waals surface area contributed by atoms with E-state index in [9.17, 15) is 5.26 Å². The highest BCUT2D eigenvalue weighted by Gasteiger charge is 2.12. The van der Waals surface area contributed by atoms with Crippen molar-refractivity contribution in [3.63, 3.8) is 0 Å². The Kier molecular flexibility index (Phi) is 6.93. The molecule has 0 aliphatic rings. The van der Waals surface area contributed by atoms with Crippen LogP contribution in [0.1, 0.15) is 19.4 Å². The molecule has 21 heavy (non-hydrogen) atoms. The van der Waals surface area contributed by atoms with Crippen molar-refractivity contribution in [1.29, 1.82) is 10.5 Å². The summed E-state index contributed by atoms with van der Waals surface area (Å²) in [6, 6.07) is 5.31. The molecule has 0 unspecified atom stereocenters. The number of hydrogen-bond acceptors (Lipinski definition) is 6. The van der Waals surface area contributed by atoms with Crippen LogP contribution < -0.4 is 14.8 Å². The summed E-state index contributed by atoms with van der Waals surface area (Å²) in [6.07, 6.45) is 3.59. The average Bonchev–Trinajstić information content (AvgIpc) is 2.49. The van der Waals surface area contributed by atoms with Crippen molar-refractivity contribution in [2.45, 2.75) is 13.8 Å². The van der Waals surface area contributed by atoms with E-state index in [1.165, 1.54) is 11.8 Å². The van der Waals surface area contributed by atoms with Gasteiger partial charge in [-0.15, -0.1) is 0 Å². The highest BCUT2D eigenvalue weighted by molar-refractivity contribution is 8.13. The molecule has 0 radical (unpaired) electrons. The molecule has 0 bridgehead atoms. The maximum Gasteiger partial charge on any atom is 0.183 e. The maximum absolute atomic E-state index is 9.24. The third kappa shape index (κ3) is 4.59. The number of aliphatic imine (C=N–C) groups is 1. The minimum Gasteiger partial charge on any atom is -0.490 e. The molecule has 1 N–H and O–H groups in total. The number of rotatable bonds is 5. The molecular weight excluding hydrogens is 288 g/mol. The van der Waals surface area contributed by atoms with Gasteiger partial charge < -0.3 is 9.47 Å². The smallest absolute Gasteiger partial charge is 0.183 e. The lowest BCUT2D eigenvalue weighted by Gasteiger charge is -2.12.